The lowest BCUT2D eigenvalue weighted by Gasteiger charge is -2.34. The minimum Gasteiger partial charge on any atom is -0.329 e. The molecule has 0 saturated carbocycles. The maximum atomic E-state index is 12.3. The second-order valence-corrected chi connectivity index (χ2v) is 8.06. The van der Waals surface area contributed by atoms with E-state index < -0.39 is 0 Å². The Kier molecular flexibility index (Phi) is 6.94. The third kappa shape index (κ3) is 5.74. The number of piperazine rings is 1. The van der Waals surface area contributed by atoms with E-state index in [1.807, 2.05) is 32.0 Å². The van der Waals surface area contributed by atoms with Gasteiger partial charge in [-0.15, -0.1) is 10.2 Å². The number of hydrogen-bond acceptors (Lipinski definition) is 6. The number of nitrogens with zero attached hydrogens (tertiary/aromatic N) is 4. The number of nitrogens with one attached hydrogen (secondary N) is 2. The van der Waals surface area contributed by atoms with Gasteiger partial charge in [0.15, 0.2) is 0 Å². The van der Waals surface area contributed by atoms with Gasteiger partial charge in [-0.3, -0.25) is 15.0 Å². The molecule has 9 heteroatoms. The summed E-state index contributed by atoms with van der Waals surface area (Å²) >= 11 is 1.35. The zero-order valence-electron chi connectivity index (χ0n) is 16.2. The first-order valence-electron chi connectivity index (χ1n) is 9.43. The molecule has 2 heterocycles. The molecule has 8 nitrogen and oxygen atoms in total. The van der Waals surface area contributed by atoms with Gasteiger partial charge in [0, 0.05) is 38.6 Å². The molecule has 1 saturated heterocycles. The molecular formula is C19H26N6O2S. The Morgan fingerprint density at radius 3 is 2.46 bits per heavy atom. The van der Waals surface area contributed by atoms with Crippen molar-refractivity contribution < 1.29 is 9.59 Å². The molecule has 0 unspecified atom stereocenters. The van der Waals surface area contributed by atoms with Crippen molar-refractivity contribution in [2.75, 3.05) is 38.0 Å². The monoisotopic (exact) mass is 402 g/mol. The predicted octanol–water partition coefficient (Wildman–Crippen LogP) is 2.13. The lowest BCUT2D eigenvalue weighted by molar-refractivity contribution is -0.115. The zero-order chi connectivity index (χ0) is 19.9. The smallest absolute Gasteiger partial charge is 0.317 e. The van der Waals surface area contributed by atoms with Crippen LogP contribution in [-0.4, -0.2) is 64.7 Å². The molecule has 0 spiro atoms. The number of amides is 3. The van der Waals surface area contributed by atoms with Gasteiger partial charge >= 0.3 is 6.03 Å². The quantitative estimate of drug-likeness (QED) is 0.772. The number of urea groups is 1. The van der Waals surface area contributed by atoms with Gasteiger partial charge < -0.3 is 10.2 Å². The average Bonchev–Trinajstić information content (AvgIpc) is 3.16. The van der Waals surface area contributed by atoms with Crippen LogP contribution in [0, 0.1) is 0 Å². The van der Waals surface area contributed by atoms with E-state index in [1.54, 1.807) is 4.90 Å². The van der Waals surface area contributed by atoms with E-state index in [9.17, 15) is 9.59 Å². The van der Waals surface area contributed by atoms with Crippen molar-refractivity contribution in [3.05, 3.63) is 40.9 Å². The summed E-state index contributed by atoms with van der Waals surface area (Å²) in [6.45, 7) is 7.77. The molecule has 1 aromatic heterocycles. The highest BCUT2D eigenvalue weighted by atomic mass is 32.1. The van der Waals surface area contributed by atoms with Crippen molar-refractivity contribution in [3.8, 4) is 0 Å². The SMILES string of the molecule is CC(C)c1nnc(NC(=O)CNC(=O)N2CCN(Cc3ccccc3)CC2)s1. The molecule has 150 valence electrons. The van der Waals surface area contributed by atoms with Gasteiger partial charge in [0.1, 0.15) is 5.01 Å². The van der Waals surface area contributed by atoms with Crippen LogP contribution < -0.4 is 10.6 Å². The van der Waals surface area contributed by atoms with Crippen LogP contribution in [0.3, 0.4) is 0 Å². The highest BCUT2D eigenvalue weighted by molar-refractivity contribution is 7.15. The van der Waals surface area contributed by atoms with Crippen molar-refractivity contribution >= 4 is 28.4 Å². The van der Waals surface area contributed by atoms with Gasteiger partial charge in [-0.25, -0.2) is 4.79 Å². The minimum absolute atomic E-state index is 0.0837. The van der Waals surface area contributed by atoms with Gasteiger partial charge in [0.05, 0.1) is 6.54 Å². The third-order valence-electron chi connectivity index (χ3n) is 4.49. The van der Waals surface area contributed by atoms with Crippen LogP contribution in [0.1, 0.15) is 30.3 Å². The van der Waals surface area contributed by atoms with Crippen LogP contribution in [0.25, 0.3) is 0 Å². The first kappa shape index (κ1) is 20.2. The number of anilines is 1. The maximum Gasteiger partial charge on any atom is 0.317 e. The molecule has 0 aliphatic carbocycles. The summed E-state index contributed by atoms with van der Waals surface area (Å²) in [5.41, 5.74) is 1.27. The fourth-order valence-electron chi connectivity index (χ4n) is 2.90. The van der Waals surface area contributed by atoms with Crippen LogP contribution in [0.15, 0.2) is 30.3 Å². The van der Waals surface area contributed by atoms with E-state index in [2.05, 4.69) is 37.9 Å². The minimum atomic E-state index is -0.303. The third-order valence-corrected chi connectivity index (χ3v) is 5.63. The molecule has 1 fully saturated rings. The molecular weight excluding hydrogens is 376 g/mol. The fourth-order valence-corrected chi connectivity index (χ4v) is 3.66. The number of hydrogen-bond donors (Lipinski definition) is 2. The standard InChI is InChI=1S/C19H26N6O2S/c1-14(2)17-22-23-18(28-17)21-16(26)12-20-19(27)25-10-8-24(9-11-25)13-15-6-4-3-5-7-15/h3-7,14H,8-13H2,1-2H3,(H,20,27)(H,21,23,26). The van der Waals surface area contributed by atoms with Gasteiger partial charge in [-0.05, 0) is 5.56 Å². The Morgan fingerprint density at radius 1 is 1.11 bits per heavy atom. The van der Waals surface area contributed by atoms with E-state index >= 15 is 0 Å². The maximum absolute atomic E-state index is 12.3. The molecule has 2 N–H and O–H groups in total. The number of rotatable bonds is 6. The first-order valence-corrected chi connectivity index (χ1v) is 10.2. The van der Waals surface area contributed by atoms with Gasteiger partial charge in [0.2, 0.25) is 11.0 Å². The lowest BCUT2D eigenvalue weighted by Crippen LogP contribution is -2.52. The normalized spacial score (nSPS) is 14.9. The summed E-state index contributed by atoms with van der Waals surface area (Å²) in [4.78, 5) is 28.4. The summed E-state index contributed by atoms with van der Waals surface area (Å²) < 4.78 is 0. The van der Waals surface area contributed by atoms with Crippen molar-refractivity contribution in [2.24, 2.45) is 0 Å². The number of carbonyl (C=O) groups excluding carboxylic acids is 2. The highest BCUT2D eigenvalue weighted by Crippen LogP contribution is 2.22. The van der Waals surface area contributed by atoms with Crippen LogP contribution in [0.2, 0.25) is 0 Å². The van der Waals surface area contributed by atoms with Crippen LogP contribution in [0.4, 0.5) is 9.93 Å². The molecule has 1 aliphatic rings. The first-order chi connectivity index (χ1) is 13.5. The van der Waals surface area contributed by atoms with Gasteiger partial charge in [-0.2, -0.15) is 0 Å². The Bertz CT molecular complexity index is 787. The van der Waals surface area contributed by atoms with Crippen LogP contribution in [0.5, 0.6) is 0 Å². The lowest BCUT2D eigenvalue weighted by atomic mass is 10.2. The van der Waals surface area contributed by atoms with E-state index in [0.717, 1.165) is 24.6 Å². The number of aromatic nitrogens is 2. The zero-order valence-corrected chi connectivity index (χ0v) is 17.0. The van der Waals surface area contributed by atoms with E-state index in [1.165, 1.54) is 16.9 Å². The molecule has 0 radical (unpaired) electrons. The summed E-state index contributed by atoms with van der Waals surface area (Å²) in [7, 11) is 0. The second kappa shape index (κ2) is 9.61. The molecule has 1 aromatic carbocycles. The van der Waals surface area contributed by atoms with E-state index in [4.69, 9.17) is 0 Å². The van der Waals surface area contributed by atoms with Crippen molar-refractivity contribution in [1.82, 2.24) is 25.3 Å². The van der Waals surface area contributed by atoms with Crippen LogP contribution in [-0.2, 0) is 11.3 Å². The Morgan fingerprint density at radius 2 is 1.82 bits per heavy atom. The second-order valence-electron chi connectivity index (χ2n) is 7.06. The number of benzene rings is 1. The largest absolute Gasteiger partial charge is 0.329 e. The van der Waals surface area contributed by atoms with Gasteiger partial charge in [-0.1, -0.05) is 55.5 Å². The molecule has 3 amide bonds. The summed E-state index contributed by atoms with van der Waals surface area (Å²) in [5, 5.41) is 14.7. The average molecular weight is 403 g/mol. The molecule has 3 rings (SSSR count). The van der Waals surface area contributed by atoms with Crippen molar-refractivity contribution in [3.63, 3.8) is 0 Å². The molecule has 2 aromatic rings. The molecule has 1 aliphatic heterocycles. The van der Waals surface area contributed by atoms with E-state index in [-0.39, 0.29) is 24.4 Å². The van der Waals surface area contributed by atoms with Gasteiger partial charge in [0.25, 0.3) is 0 Å². The Hall–Kier alpha value is -2.52. The summed E-state index contributed by atoms with van der Waals surface area (Å²) in [5.74, 6) is -0.0362. The topological polar surface area (TPSA) is 90.5 Å². The Labute approximate surface area is 168 Å². The van der Waals surface area contributed by atoms with Crippen molar-refractivity contribution in [1.29, 1.82) is 0 Å². The molecule has 0 bridgehead atoms. The number of carbonyl (C=O) groups is 2. The fraction of sp³-hybridized carbons (Fsp3) is 0.474. The summed E-state index contributed by atoms with van der Waals surface area (Å²) in [6.07, 6.45) is 0. The summed E-state index contributed by atoms with van der Waals surface area (Å²) in [6, 6.07) is 10.1. The van der Waals surface area contributed by atoms with E-state index in [0.29, 0.717) is 18.2 Å². The highest BCUT2D eigenvalue weighted by Gasteiger charge is 2.21. The Balaban J connectivity index is 1.37. The predicted molar refractivity (Wildman–Crippen MR) is 109 cm³/mol. The van der Waals surface area contributed by atoms with Crippen molar-refractivity contribution in [2.45, 2.75) is 26.3 Å². The molecule has 0 atom stereocenters. The molecule has 28 heavy (non-hydrogen) atoms. The van der Waals surface area contributed by atoms with Crippen LogP contribution >= 0.6 is 11.3 Å².